The Bertz CT molecular complexity index is 1850. The van der Waals surface area contributed by atoms with Crippen LogP contribution >= 0.6 is 0 Å². The van der Waals surface area contributed by atoms with Crippen LogP contribution in [-0.2, 0) is 46.9 Å². The lowest BCUT2D eigenvalue weighted by atomic mass is 10.2. The zero-order valence-corrected chi connectivity index (χ0v) is 31.0. The molecule has 54 heavy (non-hydrogen) atoms. The van der Waals surface area contributed by atoms with E-state index in [1.165, 1.54) is 21.3 Å². The Hall–Kier alpha value is -5.82. The van der Waals surface area contributed by atoms with E-state index in [0.29, 0.717) is 58.9 Å². The van der Waals surface area contributed by atoms with Gasteiger partial charge >= 0.3 is 17.9 Å². The number of carbonyl (C=O) groups is 3. The number of nitrogens with zero attached hydrogens (tertiary/aromatic N) is 6. The SMILES string of the molecule is COC(=O)c1cccc(CN(CCN(Cc2ccccc2)Cc2cccc(C(=O)OC)n2)CCN(Cc2ccccc2)Cc2cccc(C(=O)OC)n2)n1. The van der Waals surface area contributed by atoms with Crippen molar-refractivity contribution in [2.75, 3.05) is 47.5 Å². The second kappa shape index (κ2) is 20.4. The van der Waals surface area contributed by atoms with Crippen LogP contribution in [0.15, 0.2) is 115 Å². The van der Waals surface area contributed by atoms with Crippen LogP contribution in [0.5, 0.6) is 0 Å². The molecule has 5 rings (SSSR count). The molecular formula is C42H46N6O6. The van der Waals surface area contributed by atoms with E-state index in [0.717, 1.165) is 28.2 Å². The molecule has 12 heteroatoms. The maximum absolute atomic E-state index is 12.4. The molecule has 3 aromatic heterocycles. The van der Waals surface area contributed by atoms with Crippen LogP contribution in [0.4, 0.5) is 0 Å². The van der Waals surface area contributed by atoms with Crippen LogP contribution < -0.4 is 0 Å². The predicted molar refractivity (Wildman–Crippen MR) is 203 cm³/mol. The lowest BCUT2D eigenvalue weighted by Gasteiger charge is -2.30. The molecule has 2 aromatic carbocycles. The molecule has 5 aromatic rings. The number of hydrogen-bond acceptors (Lipinski definition) is 12. The van der Waals surface area contributed by atoms with Gasteiger partial charge in [0.05, 0.1) is 38.4 Å². The number of esters is 3. The van der Waals surface area contributed by atoms with Gasteiger partial charge in [-0.15, -0.1) is 0 Å². The summed E-state index contributed by atoms with van der Waals surface area (Å²) in [7, 11) is 4.04. The zero-order chi connectivity index (χ0) is 38.1. The van der Waals surface area contributed by atoms with Crippen molar-refractivity contribution in [2.24, 2.45) is 0 Å². The van der Waals surface area contributed by atoms with E-state index in [2.05, 4.69) is 53.9 Å². The highest BCUT2D eigenvalue weighted by Crippen LogP contribution is 2.14. The van der Waals surface area contributed by atoms with Crippen molar-refractivity contribution >= 4 is 17.9 Å². The lowest BCUT2D eigenvalue weighted by Crippen LogP contribution is -2.39. The third kappa shape index (κ3) is 12.1. The maximum atomic E-state index is 12.4. The molecule has 0 amide bonds. The van der Waals surface area contributed by atoms with Gasteiger partial charge in [-0.3, -0.25) is 14.7 Å². The van der Waals surface area contributed by atoms with Crippen LogP contribution in [0, 0.1) is 0 Å². The summed E-state index contributed by atoms with van der Waals surface area (Å²) in [6, 6.07) is 36.6. The van der Waals surface area contributed by atoms with Crippen molar-refractivity contribution in [3.05, 3.63) is 161 Å². The largest absolute Gasteiger partial charge is 0.464 e. The Morgan fingerprint density at radius 2 is 0.722 bits per heavy atom. The molecule has 3 heterocycles. The summed E-state index contributed by atoms with van der Waals surface area (Å²) in [5, 5.41) is 0. The van der Waals surface area contributed by atoms with Gasteiger partial charge < -0.3 is 14.2 Å². The predicted octanol–water partition coefficient (Wildman–Crippen LogP) is 5.44. The van der Waals surface area contributed by atoms with Gasteiger partial charge in [-0.1, -0.05) is 78.9 Å². The van der Waals surface area contributed by atoms with Crippen molar-refractivity contribution in [3.63, 3.8) is 0 Å². The first kappa shape index (κ1) is 39.4. The molecule has 0 aliphatic carbocycles. The number of aromatic nitrogens is 3. The van der Waals surface area contributed by atoms with Crippen LogP contribution in [-0.4, -0.2) is 95.1 Å². The fraction of sp³-hybridized carbons (Fsp3) is 0.286. The highest BCUT2D eigenvalue weighted by atomic mass is 16.5. The minimum absolute atomic E-state index is 0.250. The fourth-order valence-electron chi connectivity index (χ4n) is 5.99. The van der Waals surface area contributed by atoms with Gasteiger partial charge in [0.2, 0.25) is 0 Å². The number of carbonyl (C=O) groups excluding carboxylic acids is 3. The average Bonchev–Trinajstić information content (AvgIpc) is 3.21. The first-order valence-corrected chi connectivity index (χ1v) is 17.7. The lowest BCUT2D eigenvalue weighted by molar-refractivity contribution is 0.0584. The molecule has 280 valence electrons. The van der Waals surface area contributed by atoms with Crippen molar-refractivity contribution in [2.45, 2.75) is 32.7 Å². The summed E-state index contributed by atoms with van der Waals surface area (Å²) in [4.78, 5) is 57.6. The molecule has 0 N–H and O–H groups in total. The first-order valence-electron chi connectivity index (χ1n) is 17.7. The standard InChI is InChI=1S/C42H46N6O6/c1-52-40(49)37-20-10-17-34(43-37)29-46(23-25-47(27-32-13-6-4-7-14-32)30-35-18-11-21-38(44-35)41(50)53-2)24-26-48(28-33-15-8-5-9-16-33)31-36-19-12-22-39(45-36)42(51)54-3/h4-22H,23-31H2,1-3H3. The summed E-state index contributed by atoms with van der Waals surface area (Å²) in [6.07, 6.45) is 0. The van der Waals surface area contributed by atoms with Gasteiger partial charge in [0, 0.05) is 58.9 Å². The van der Waals surface area contributed by atoms with E-state index < -0.39 is 17.9 Å². The Kier molecular flexibility index (Phi) is 14.9. The number of rotatable bonds is 19. The zero-order valence-electron chi connectivity index (χ0n) is 31.0. The third-order valence-corrected chi connectivity index (χ3v) is 8.72. The maximum Gasteiger partial charge on any atom is 0.356 e. The molecule has 0 saturated heterocycles. The Labute approximate surface area is 316 Å². The average molecular weight is 731 g/mol. The van der Waals surface area contributed by atoms with Crippen LogP contribution in [0.25, 0.3) is 0 Å². The molecule has 0 fully saturated rings. The Morgan fingerprint density at radius 3 is 1.06 bits per heavy atom. The molecule has 0 saturated carbocycles. The van der Waals surface area contributed by atoms with Crippen molar-refractivity contribution in [1.82, 2.24) is 29.7 Å². The molecule has 0 spiro atoms. The van der Waals surface area contributed by atoms with Gasteiger partial charge in [0.1, 0.15) is 17.1 Å². The number of benzene rings is 2. The highest BCUT2D eigenvalue weighted by Gasteiger charge is 2.18. The van der Waals surface area contributed by atoms with E-state index in [-0.39, 0.29) is 17.1 Å². The van der Waals surface area contributed by atoms with Gasteiger partial charge in [0.15, 0.2) is 0 Å². The molecule has 0 aliphatic rings. The molecule has 0 atom stereocenters. The van der Waals surface area contributed by atoms with Crippen molar-refractivity contribution in [3.8, 4) is 0 Å². The topological polar surface area (TPSA) is 127 Å². The number of pyridine rings is 3. The third-order valence-electron chi connectivity index (χ3n) is 8.72. The summed E-state index contributed by atoms with van der Waals surface area (Å²) >= 11 is 0. The first-order chi connectivity index (χ1) is 26.3. The molecular weight excluding hydrogens is 684 g/mol. The monoisotopic (exact) mass is 730 g/mol. The number of hydrogen-bond donors (Lipinski definition) is 0. The van der Waals surface area contributed by atoms with E-state index >= 15 is 0 Å². The molecule has 0 aliphatic heterocycles. The smallest absolute Gasteiger partial charge is 0.356 e. The van der Waals surface area contributed by atoms with Crippen LogP contribution in [0.2, 0.25) is 0 Å². The van der Waals surface area contributed by atoms with E-state index in [1.54, 1.807) is 18.2 Å². The minimum atomic E-state index is -0.491. The molecule has 0 unspecified atom stereocenters. The van der Waals surface area contributed by atoms with Gasteiger partial charge in [-0.25, -0.2) is 29.3 Å². The Balaban J connectivity index is 1.39. The van der Waals surface area contributed by atoms with Gasteiger partial charge in [-0.05, 0) is 47.5 Å². The van der Waals surface area contributed by atoms with Gasteiger partial charge in [0.25, 0.3) is 0 Å². The quantitative estimate of drug-likeness (QED) is 0.0794. The highest BCUT2D eigenvalue weighted by molar-refractivity contribution is 5.87. The van der Waals surface area contributed by atoms with E-state index in [4.69, 9.17) is 14.2 Å². The van der Waals surface area contributed by atoms with E-state index in [1.807, 2.05) is 72.8 Å². The summed E-state index contributed by atoms with van der Waals surface area (Å²) in [6.45, 7) is 5.46. The van der Waals surface area contributed by atoms with Crippen LogP contribution in [0.3, 0.4) is 0 Å². The molecule has 0 radical (unpaired) electrons. The minimum Gasteiger partial charge on any atom is -0.464 e. The molecule has 0 bridgehead atoms. The summed E-state index contributed by atoms with van der Waals surface area (Å²) in [5.74, 6) is -1.45. The van der Waals surface area contributed by atoms with Crippen molar-refractivity contribution < 1.29 is 28.6 Å². The fourth-order valence-corrected chi connectivity index (χ4v) is 5.99. The van der Waals surface area contributed by atoms with Crippen LogP contribution in [0.1, 0.15) is 59.7 Å². The molecule has 12 nitrogen and oxygen atoms in total. The summed E-state index contributed by atoms with van der Waals surface area (Å²) in [5.41, 5.74) is 5.32. The second-order valence-electron chi connectivity index (χ2n) is 12.7. The van der Waals surface area contributed by atoms with Crippen molar-refractivity contribution in [1.29, 1.82) is 0 Å². The van der Waals surface area contributed by atoms with Gasteiger partial charge in [-0.2, -0.15) is 0 Å². The second-order valence-corrected chi connectivity index (χ2v) is 12.7. The number of methoxy groups -OCH3 is 3. The van der Waals surface area contributed by atoms with E-state index in [9.17, 15) is 14.4 Å². The number of ether oxygens (including phenoxy) is 3. The Morgan fingerprint density at radius 1 is 0.407 bits per heavy atom. The normalized spacial score (nSPS) is 11.1. The summed E-state index contributed by atoms with van der Waals surface area (Å²) < 4.78 is 14.8.